The third-order valence-corrected chi connectivity index (χ3v) is 7.50. The van der Waals surface area contributed by atoms with Gasteiger partial charge in [0.1, 0.15) is 17.8 Å². The van der Waals surface area contributed by atoms with Crippen LogP contribution in [0.25, 0.3) is 0 Å². The van der Waals surface area contributed by atoms with Crippen LogP contribution >= 0.6 is 0 Å². The third-order valence-electron chi connectivity index (χ3n) is 7.50. The van der Waals surface area contributed by atoms with Crippen LogP contribution in [0.3, 0.4) is 0 Å². The minimum absolute atomic E-state index is 0.00249. The first-order chi connectivity index (χ1) is 17.7. The van der Waals surface area contributed by atoms with Gasteiger partial charge in [0.2, 0.25) is 5.75 Å². The molecule has 12 heteroatoms. The number of nitrogens with one attached hydrogen (secondary N) is 2. The van der Waals surface area contributed by atoms with E-state index in [0.29, 0.717) is 31.2 Å². The van der Waals surface area contributed by atoms with E-state index in [-0.39, 0.29) is 44.3 Å². The van der Waals surface area contributed by atoms with Gasteiger partial charge in [0.05, 0.1) is 12.1 Å². The molecule has 37 heavy (non-hydrogen) atoms. The molecule has 2 aliphatic heterocycles. The van der Waals surface area contributed by atoms with Crippen LogP contribution in [-0.2, 0) is 28.2 Å². The second-order valence-corrected chi connectivity index (χ2v) is 9.97. The molecular formula is C25H27F2N5O5. The van der Waals surface area contributed by atoms with E-state index in [9.17, 15) is 33.1 Å². The molecule has 1 saturated carbocycles. The number of hydrogen-bond donors (Lipinski definition) is 3. The van der Waals surface area contributed by atoms with Crippen molar-refractivity contribution in [2.45, 2.75) is 56.9 Å². The summed E-state index contributed by atoms with van der Waals surface area (Å²) >= 11 is 0. The van der Waals surface area contributed by atoms with Gasteiger partial charge in [-0.1, -0.05) is 12.1 Å². The van der Waals surface area contributed by atoms with Crippen molar-refractivity contribution in [3.8, 4) is 5.75 Å². The SMILES string of the molecule is O=C(NC12CCC(CCn3c1nc(C(=O)NCc1ccc(F)cc1)c(O)c3=O)C2)C(=O)N1CC[C@@H](F)C1. The topological polar surface area (TPSA) is 134 Å². The Hall–Kier alpha value is -3.83. The van der Waals surface area contributed by atoms with E-state index in [1.54, 1.807) is 0 Å². The van der Waals surface area contributed by atoms with Gasteiger partial charge in [0.15, 0.2) is 5.69 Å². The summed E-state index contributed by atoms with van der Waals surface area (Å²) in [5.41, 5.74) is -1.91. The number of hydrogen-bond acceptors (Lipinski definition) is 6. The van der Waals surface area contributed by atoms with Crippen molar-refractivity contribution in [1.29, 1.82) is 0 Å². The Labute approximate surface area is 210 Å². The fourth-order valence-corrected chi connectivity index (χ4v) is 5.54. The first-order valence-electron chi connectivity index (χ1n) is 12.3. The lowest BCUT2D eigenvalue weighted by Gasteiger charge is -2.31. The molecule has 3 atom stereocenters. The lowest BCUT2D eigenvalue weighted by atomic mass is 9.94. The molecule has 5 rings (SSSR count). The number of likely N-dealkylation sites (tertiary alicyclic amines) is 1. The van der Waals surface area contributed by atoms with E-state index in [4.69, 9.17) is 0 Å². The van der Waals surface area contributed by atoms with Crippen molar-refractivity contribution in [1.82, 2.24) is 25.1 Å². The zero-order valence-corrected chi connectivity index (χ0v) is 20.0. The van der Waals surface area contributed by atoms with Crippen molar-refractivity contribution in [3.05, 3.63) is 57.5 Å². The van der Waals surface area contributed by atoms with Crippen molar-refractivity contribution >= 4 is 17.7 Å². The van der Waals surface area contributed by atoms with Crippen LogP contribution in [0.2, 0.25) is 0 Å². The number of aromatic nitrogens is 2. The number of halogens is 2. The van der Waals surface area contributed by atoms with Gasteiger partial charge in [-0.05, 0) is 55.7 Å². The average molecular weight is 516 g/mol. The van der Waals surface area contributed by atoms with Crippen LogP contribution in [0.5, 0.6) is 5.75 Å². The van der Waals surface area contributed by atoms with E-state index in [0.717, 1.165) is 4.90 Å². The lowest BCUT2D eigenvalue weighted by molar-refractivity contribution is -0.146. The molecule has 1 aromatic heterocycles. The van der Waals surface area contributed by atoms with Crippen molar-refractivity contribution in [3.63, 3.8) is 0 Å². The predicted octanol–water partition coefficient (Wildman–Crippen LogP) is 1.10. The number of benzene rings is 1. The molecule has 0 spiro atoms. The first kappa shape index (κ1) is 24.8. The second-order valence-electron chi connectivity index (χ2n) is 9.97. The van der Waals surface area contributed by atoms with E-state index in [1.807, 2.05) is 0 Å². The Morgan fingerprint density at radius 3 is 2.59 bits per heavy atom. The van der Waals surface area contributed by atoms with E-state index >= 15 is 0 Å². The fraction of sp³-hybridized carbons (Fsp3) is 0.480. The molecule has 0 radical (unpaired) electrons. The summed E-state index contributed by atoms with van der Waals surface area (Å²) < 4.78 is 28.0. The van der Waals surface area contributed by atoms with Gasteiger partial charge in [-0.15, -0.1) is 0 Å². The highest BCUT2D eigenvalue weighted by Gasteiger charge is 2.48. The Morgan fingerprint density at radius 1 is 1.14 bits per heavy atom. The van der Waals surface area contributed by atoms with Crippen LogP contribution in [-0.4, -0.2) is 56.5 Å². The first-order valence-corrected chi connectivity index (χ1v) is 12.3. The standard InChI is InChI=1S/C25H27F2N5O5/c26-16-3-1-15(2-4-16)12-28-20(34)18-19(33)22(36)32-10-6-14-5-8-25(11-14,24(32)29-18)30-21(35)23(37)31-9-7-17(27)13-31/h1-4,14,17,33H,5-13H2,(H,28,34)(H,30,35)/t14?,17-,25?/m1/s1. The quantitative estimate of drug-likeness (QED) is 0.523. The zero-order valence-electron chi connectivity index (χ0n) is 20.0. The zero-order chi connectivity index (χ0) is 26.3. The highest BCUT2D eigenvalue weighted by molar-refractivity contribution is 6.35. The summed E-state index contributed by atoms with van der Waals surface area (Å²) in [5, 5.41) is 15.9. The number of amides is 3. The molecule has 2 unspecified atom stereocenters. The molecule has 3 heterocycles. The highest BCUT2D eigenvalue weighted by atomic mass is 19.1. The van der Waals surface area contributed by atoms with Crippen LogP contribution in [0.15, 0.2) is 29.1 Å². The maximum absolute atomic E-state index is 13.6. The summed E-state index contributed by atoms with van der Waals surface area (Å²) in [7, 11) is 0. The summed E-state index contributed by atoms with van der Waals surface area (Å²) in [5.74, 6) is -3.60. The van der Waals surface area contributed by atoms with E-state index in [2.05, 4.69) is 15.6 Å². The molecule has 2 aromatic rings. The number of alkyl halides is 1. The molecule has 2 fully saturated rings. The molecule has 3 N–H and O–H groups in total. The van der Waals surface area contributed by atoms with Gasteiger partial charge in [-0.25, -0.2) is 13.8 Å². The van der Waals surface area contributed by atoms with Gasteiger partial charge in [-0.2, -0.15) is 0 Å². The molecule has 1 aliphatic carbocycles. The van der Waals surface area contributed by atoms with Gasteiger partial charge in [0, 0.05) is 19.6 Å². The number of fused-ring (bicyclic) bond motifs is 4. The third kappa shape index (κ3) is 4.67. The number of aromatic hydroxyl groups is 1. The molecule has 196 valence electrons. The summed E-state index contributed by atoms with van der Waals surface area (Å²) in [6.07, 6.45) is 1.10. The molecule has 3 aliphatic rings. The molecular weight excluding hydrogens is 488 g/mol. The number of nitrogens with zero attached hydrogens (tertiary/aromatic N) is 3. The van der Waals surface area contributed by atoms with Crippen molar-refractivity contribution in [2.24, 2.45) is 5.92 Å². The van der Waals surface area contributed by atoms with Gasteiger partial charge >= 0.3 is 11.8 Å². The van der Waals surface area contributed by atoms with Crippen LogP contribution in [0.1, 0.15) is 54.0 Å². The van der Waals surface area contributed by atoms with Crippen molar-refractivity contribution in [2.75, 3.05) is 13.1 Å². The minimum atomic E-state index is -1.19. The summed E-state index contributed by atoms with van der Waals surface area (Å²) in [6, 6.07) is 5.46. The van der Waals surface area contributed by atoms with E-state index < -0.39 is 52.3 Å². The maximum atomic E-state index is 13.6. The monoisotopic (exact) mass is 515 g/mol. The van der Waals surface area contributed by atoms with Crippen molar-refractivity contribution < 1.29 is 28.3 Å². The molecule has 1 saturated heterocycles. The van der Waals surface area contributed by atoms with Gasteiger partial charge < -0.3 is 20.6 Å². The van der Waals surface area contributed by atoms with Crippen LogP contribution < -0.4 is 16.2 Å². The largest absolute Gasteiger partial charge is 0.501 e. The smallest absolute Gasteiger partial charge is 0.312 e. The average Bonchev–Trinajstić information content (AvgIpc) is 3.46. The Kier molecular flexibility index (Phi) is 6.42. The fourth-order valence-electron chi connectivity index (χ4n) is 5.54. The number of carbonyl (C=O) groups is 3. The van der Waals surface area contributed by atoms with Gasteiger partial charge in [-0.3, -0.25) is 23.7 Å². The number of rotatable bonds is 4. The van der Waals surface area contributed by atoms with E-state index in [1.165, 1.54) is 28.8 Å². The second kappa shape index (κ2) is 9.56. The molecule has 1 aromatic carbocycles. The summed E-state index contributed by atoms with van der Waals surface area (Å²) in [6.45, 7) is 0.229. The minimum Gasteiger partial charge on any atom is -0.501 e. The predicted molar refractivity (Wildman–Crippen MR) is 126 cm³/mol. The lowest BCUT2D eigenvalue weighted by Crippen LogP contribution is -2.53. The molecule has 10 nitrogen and oxygen atoms in total. The highest BCUT2D eigenvalue weighted by Crippen LogP contribution is 2.45. The Morgan fingerprint density at radius 2 is 1.89 bits per heavy atom. The van der Waals surface area contributed by atoms with Gasteiger partial charge in [0.25, 0.3) is 11.5 Å². The van der Waals surface area contributed by atoms with Crippen LogP contribution in [0.4, 0.5) is 8.78 Å². The number of carbonyl (C=O) groups excluding carboxylic acids is 3. The Bertz CT molecular complexity index is 1310. The molecule has 3 amide bonds. The molecule has 2 bridgehead atoms. The normalized spacial score (nSPS) is 24.3. The van der Waals surface area contributed by atoms with Crippen LogP contribution in [0, 0.1) is 11.7 Å². The Balaban J connectivity index is 1.45. The maximum Gasteiger partial charge on any atom is 0.312 e. The summed E-state index contributed by atoms with van der Waals surface area (Å²) in [4.78, 5) is 57.2.